The van der Waals surface area contributed by atoms with Crippen LogP contribution in [0.25, 0.3) is 0 Å². The van der Waals surface area contributed by atoms with Crippen LogP contribution in [-0.4, -0.2) is 54.4 Å². The van der Waals surface area contributed by atoms with Gasteiger partial charge in [0.15, 0.2) is 0 Å². The summed E-state index contributed by atoms with van der Waals surface area (Å²) in [6.45, 7) is 4.41. The molecule has 98 valence electrons. The van der Waals surface area contributed by atoms with E-state index >= 15 is 0 Å². The molecule has 0 amide bonds. The summed E-state index contributed by atoms with van der Waals surface area (Å²) in [7, 11) is -0.463. The number of ether oxygens (including phenoxy) is 1. The Morgan fingerprint density at radius 1 is 1.35 bits per heavy atom. The third-order valence-corrected chi connectivity index (χ3v) is 3.75. The first-order valence-corrected chi connectivity index (χ1v) is 8.80. The van der Waals surface area contributed by atoms with Gasteiger partial charge in [0.2, 0.25) is 0 Å². The van der Waals surface area contributed by atoms with E-state index in [0.29, 0.717) is 6.73 Å². The maximum atomic E-state index is 5.70. The second-order valence-corrected chi connectivity index (χ2v) is 9.35. The largest absolute Gasteiger partial charge is 0.360 e. The standard InChI is InChI=1S/C12H23N3OS/c1-5-15(12-6-7-13-10-14-12)11-16-8-9-17(2,3)4/h6-7,10H,5,8-9,11H2,1-4H3. The zero-order chi connectivity index (χ0) is 12.7. The summed E-state index contributed by atoms with van der Waals surface area (Å²) in [6.07, 6.45) is 10.2. The summed E-state index contributed by atoms with van der Waals surface area (Å²) in [4.78, 5) is 10.2. The third-order valence-electron chi connectivity index (χ3n) is 2.36. The van der Waals surface area contributed by atoms with Crippen molar-refractivity contribution in [3.05, 3.63) is 18.6 Å². The molecule has 0 fully saturated rings. The maximum absolute atomic E-state index is 5.70. The zero-order valence-electron chi connectivity index (χ0n) is 11.2. The van der Waals surface area contributed by atoms with E-state index in [0.717, 1.165) is 24.7 Å². The van der Waals surface area contributed by atoms with E-state index in [1.54, 1.807) is 12.5 Å². The van der Waals surface area contributed by atoms with Crippen LogP contribution in [0, 0.1) is 0 Å². The van der Waals surface area contributed by atoms with Gasteiger partial charge in [0.25, 0.3) is 0 Å². The van der Waals surface area contributed by atoms with Gasteiger partial charge in [-0.2, -0.15) is 0 Å². The molecule has 1 heterocycles. The minimum atomic E-state index is -0.463. The Morgan fingerprint density at radius 3 is 2.65 bits per heavy atom. The molecule has 4 nitrogen and oxygen atoms in total. The Hall–Kier alpha value is -0.810. The van der Waals surface area contributed by atoms with Crippen LogP contribution < -0.4 is 4.90 Å². The molecule has 0 N–H and O–H groups in total. The molecule has 0 aliphatic carbocycles. The van der Waals surface area contributed by atoms with Crippen molar-refractivity contribution in [2.24, 2.45) is 0 Å². The van der Waals surface area contributed by atoms with E-state index in [1.165, 1.54) is 0 Å². The topological polar surface area (TPSA) is 38.2 Å². The van der Waals surface area contributed by atoms with Gasteiger partial charge in [-0.3, -0.25) is 0 Å². The SMILES string of the molecule is CCN(COCCS(C)(C)C)c1ccncn1. The van der Waals surface area contributed by atoms with Crippen molar-refractivity contribution >= 4 is 15.8 Å². The highest BCUT2D eigenvalue weighted by Crippen LogP contribution is 2.33. The van der Waals surface area contributed by atoms with Crippen LogP contribution in [0.15, 0.2) is 18.6 Å². The summed E-state index contributed by atoms with van der Waals surface area (Å²) in [5, 5.41) is 0. The van der Waals surface area contributed by atoms with Crippen molar-refractivity contribution in [2.75, 3.05) is 49.3 Å². The lowest BCUT2D eigenvalue weighted by molar-refractivity contribution is 0.149. The number of hydrogen-bond donors (Lipinski definition) is 0. The molecule has 1 aromatic rings. The highest BCUT2D eigenvalue weighted by atomic mass is 32.3. The lowest BCUT2D eigenvalue weighted by atomic mass is 10.5. The van der Waals surface area contributed by atoms with Crippen LogP contribution in [0.3, 0.4) is 0 Å². The zero-order valence-corrected chi connectivity index (χ0v) is 12.0. The predicted octanol–water partition coefficient (Wildman–Crippen LogP) is 1.97. The fraction of sp³-hybridized carbons (Fsp3) is 0.667. The molecule has 0 bridgehead atoms. The number of aromatic nitrogens is 2. The average molecular weight is 257 g/mol. The fourth-order valence-corrected chi connectivity index (χ4v) is 1.89. The van der Waals surface area contributed by atoms with Gasteiger partial charge in [0, 0.05) is 18.5 Å². The minimum absolute atomic E-state index is 0.463. The van der Waals surface area contributed by atoms with E-state index in [2.05, 4.69) is 40.6 Å². The van der Waals surface area contributed by atoms with Gasteiger partial charge in [-0.1, -0.05) is 0 Å². The van der Waals surface area contributed by atoms with Crippen molar-refractivity contribution in [1.29, 1.82) is 0 Å². The van der Waals surface area contributed by atoms with Gasteiger partial charge in [-0.25, -0.2) is 20.0 Å². The van der Waals surface area contributed by atoms with Gasteiger partial charge in [-0.15, -0.1) is 0 Å². The Bertz CT molecular complexity index is 313. The molecule has 0 spiro atoms. The number of rotatable bonds is 7. The molecule has 0 saturated heterocycles. The van der Waals surface area contributed by atoms with E-state index in [4.69, 9.17) is 4.74 Å². The second-order valence-electron chi connectivity index (χ2n) is 4.76. The van der Waals surface area contributed by atoms with Gasteiger partial charge < -0.3 is 9.64 Å². The van der Waals surface area contributed by atoms with Crippen molar-refractivity contribution in [3.8, 4) is 0 Å². The molecule has 0 aliphatic heterocycles. The molecule has 0 unspecified atom stereocenters. The van der Waals surface area contributed by atoms with Crippen LogP contribution in [0.5, 0.6) is 0 Å². The van der Waals surface area contributed by atoms with E-state index in [1.807, 2.05) is 6.07 Å². The van der Waals surface area contributed by atoms with E-state index in [-0.39, 0.29) is 0 Å². The number of nitrogens with zero attached hydrogens (tertiary/aromatic N) is 3. The summed E-state index contributed by atoms with van der Waals surface area (Å²) >= 11 is 0. The van der Waals surface area contributed by atoms with E-state index < -0.39 is 10.0 Å². The van der Waals surface area contributed by atoms with Crippen molar-refractivity contribution in [1.82, 2.24) is 9.97 Å². The number of hydrogen-bond acceptors (Lipinski definition) is 4. The van der Waals surface area contributed by atoms with Crippen LogP contribution in [0.4, 0.5) is 5.82 Å². The first kappa shape index (κ1) is 14.3. The van der Waals surface area contributed by atoms with Gasteiger partial charge in [-0.05, 0) is 31.8 Å². The Labute approximate surface area is 106 Å². The van der Waals surface area contributed by atoms with Crippen LogP contribution in [0.2, 0.25) is 0 Å². The highest BCUT2D eigenvalue weighted by molar-refractivity contribution is 8.32. The molecule has 17 heavy (non-hydrogen) atoms. The van der Waals surface area contributed by atoms with Crippen molar-refractivity contribution in [3.63, 3.8) is 0 Å². The first-order valence-electron chi connectivity index (χ1n) is 5.77. The molecule has 1 rings (SSSR count). The van der Waals surface area contributed by atoms with E-state index in [9.17, 15) is 0 Å². The Kier molecular flexibility index (Phi) is 5.71. The molecule has 0 radical (unpaired) electrons. The predicted molar refractivity (Wildman–Crippen MR) is 76.1 cm³/mol. The van der Waals surface area contributed by atoms with Crippen LogP contribution in [-0.2, 0) is 4.74 Å². The molecule has 0 aliphatic rings. The summed E-state index contributed by atoms with van der Waals surface area (Å²) in [5.41, 5.74) is 0. The summed E-state index contributed by atoms with van der Waals surface area (Å²) in [5.74, 6) is 2.07. The summed E-state index contributed by atoms with van der Waals surface area (Å²) < 4.78 is 5.70. The molecule has 0 atom stereocenters. The van der Waals surface area contributed by atoms with Gasteiger partial charge in [0.05, 0.1) is 6.61 Å². The molecular formula is C12H23N3OS. The molecule has 0 aromatic carbocycles. The molecule has 1 aromatic heterocycles. The Balaban J connectivity index is 2.34. The van der Waals surface area contributed by atoms with Crippen LogP contribution >= 0.6 is 10.0 Å². The van der Waals surface area contributed by atoms with Gasteiger partial charge in [0.1, 0.15) is 18.9 Å². The molecular weight excluding hydrogens is 234 g/mol. The monoisotopic (exact) mass is 257 g/mol. The Morgan fingerprint density at radius 2 is 2.12 bits per heavy atom. The number of anilines is 1. The highest BCUT2D eigenvalue weighted by Gasteiger charge is 2.07. The average Bonchev–Trinajstić information content (AvgIpc) is 2.29. The maximum Gasteiger partial charge on any atom is 0.133 e. The lowest BCUT2D eigenvalue weighted by Gasteiger charge is -2.26. The van der Waals surface area contributed by atoms with Crippen molar-refractivity contribution in [2.45, 2.75) is 6.92 Å². The first-order chi connectivity index (χ1) is 8.03. The van der Waals surface area contributed by atoms with Gasteiger partial charge >= 0.3 is 0 Å². The summed E-state index contributed by atoms with van der Waals surface area (Å²) in [6, 6.07) is 1.90. The third kappa shape index (κ3) is 5.89. The van der Waals surface area contributed by atoms with Crippen molar-refractivity contribution < 1.29 is 4.74 Å². The quantitative estimate of drug-likeness (QED) is 0.553. The lowest BCUT2D eigenvalue weighted by Crippen LogP contribution is -2.27. The fourth-order valence-electron chi connectivity index (χ4n) is 1.27. The molecule has 5 heteroatoms. The smallest absolute Gasteiger partial charge is 0.133 e. The second kappa shape index (κ2) is 6.81. The van der Waals surface area contributed by atoms with Crippen LogP contribution in [0.1, 0.15) is 6.92 Å². The molecule has 0 saturated carbocycles. The minimum Gasteiger partial charge on any atom is -0.360 e. The normalized spacial score (nSPS) is 12.5.